The highest BCUT2D eigenvalue weighted by Gasteiger charge is 2.26. The molecule has 0 aromatic carbocycles. The van der Waals surface area contributed by atoms with Crippen molar-refractivity contribution < 1.29 is 14.3 Å². The minimum absolute atomic E-state index is 0.219. The van der Waals surface area contributed by atoms with Crippen molar-refractivity contribution in [3.8, 4) is 5.88 Å². The largest absolute Gasteiger partial charge is 0.478 e. The number of ether oxygens (including phenoxy) is 1. The van der Waals surface area contributed by atoms with Gasteiger partial charge in [-0.05, 0) is 31.9 Å². The Balaban J connectivity index is 1.78. The molecule has 1 aliphatic heterocycles. The summed E-state index contributed by atoms with van der Waals surface area (Å²) in [6.45, 7) is 3.45. The predicted octanol–water partition coefficient (Wildman–Crippen LogP) is 3.34. The van der Waals surface area contributed by atoms with Gasteiger partial charge in [-0.1, -0.05) is 12.8 Å². The molecule has 0 amide bonds. The average molecular weight is 331 g/mol. The van der Waals surface area contributed by atoms with E-state index in [4.69, 9.17) is 9.15 Å². The second-order valence-electron chi connectivity index (χ2n) is 6.11. The molecule has 1 fully saturated rings. The van der Waals surface area contributed by atoms with Gasteiger partial charge in [0.15, 0.2) is 0 Å². The number of aromatic nitrogens is 2. The van der Waals surface area contributed by atoms with Crippen molar-refractivity contribution in [1.82, 2.24) is 9.97 Å². The molecule has 6 nitrogen and oxygen atoms in total. The number of anilines is 1. The maximum Gasteiger partial charge on any atom is 0.218 e. The molecule has 1 N–H and O–H groups in total. The van der Waals surface area contributed by atoms with E-state index >= 15 is 0 Å². The summed E-state index contributed by atoms with van der Waals surface area (Å²) in [7, 11) is 0. The van der Waals surface area contributed by atoms with E-state index in [2.05, 4.69) is 14.9 Å². The third kappa shape index (κ3) is 4.06. The highest BCUT2D eigenvalue weighted by atomic mass is 16.5. The minimum Gasteiger partial charge on any atom is -0.478 e. The summed E-state index contributed by atoms with van der Waals surface area (Å²) < 4.78 is 10.8. The molecular formula is C18H25N3O3. The molecule has 1 saturated heterocycles. The monoisotopic (exact) mass is 331 g/mol. The van der Waals surface area contributed by atoms with Crippen LogP contribution in [-0.4, -0.2) is 34.3 Å². The predicted molar refractivity (Wildman–Crippen MR) is 91.1 cm³/mol. The molecule has 0 bridgehead atoms. The molecule has 0 radical (unpaired) electrons. The van der Waals surface area contributed by atoms with E-state index in [1.165, 1.54) is 6.42 Å². The summed E-state index contributed by atoms with van der Waals surface area (Å²) in [4.78, 5) is 10.9. The molecule has 2 aromatic rings. The Morgan fingerprint density at radius 3 is 3.08 bits per heavy atom. The van der Waals surface area contributed by atoms with Gasteiger partial charge in [0.25, 0.3) is 0 Å². The number of nitrogens with zero attached hydrogens (tertiary/aromatic N) is 3. The summed E-state index contributed by atoms with van der Waals surface area (Å²) in [5.74, 6) is 2.08. The van der Waals surface area contributed by atoms with E-state index in [1.807, 2.05) is 25.1 Å². The minimum atomic E-state index is -0.598. The van der Waals surface area contributed by atoms with Crippen LogP contribution in [0.4, 0.5) is 5.82 Å². The standard InChI is InChI=1S/C18H25N3O3/c1-2-23-18-12-17(19-13-20-18)21-9-5-3-4-7-14(21)11-15(22)16-8-6-10-24-16/h6,8,10,12-15,22H,2-5,7,9,11H2,1H3. The van der Waals surface area contributed by atoms with Crippen molar-refractivity contribution in [2.75, 3.05) is 18.1 Å². The SMILES string of the molecule is CCOc1cc(N2CCCCCC2CC(O)c2ccco2)ncn1. The molecule has 2 aromatic heterocycles. The van der Waals surface area contributed by atoms with E-state index in [9.17, 15) is 5.11 Å². The zero-order chi connectivity index (χ0) is 16.8. The fourth-order valence-corrected chi connectivity index (χ4v) is 3.29. The Kier molecular flexibility index (Phi) is 5.69. The van der Waals surface area contributed by atoms with Gasteiger partial charge in [-0.3, -0.25) is 0 Å². The van der Waals surface area contributed by atoms with Crippen LogP contribution in [-0.2, 0) is 0 Å². The zero-order valence-corrected chi connectivity index (χ0v) is 14.1. The summed E-state index contributed by atoms with van der Waals surface area (Å²) in [6.07, 6.45) is 7.70. The van der Waals surface area contributed by atoms with Crippen LogP contribution in [0.5, 0.6) is 5.88 Å². The van der Waals surface area contributed by atoms with Crippen LogP contribution >= 0.6 is 0 Å². The Bertz CT molecular complexity index is 618. The van der Waals surface area contributed by atoms with Crippen LogP contribution in [0.1, 0.15) is 50.9 Å². The van der Waals surface area contributed by atoms with Crippen molar-refractivity contribution >= 4 is 5.82 Å². The number of hydrogen-bond acceptors (Lipinski definition) is 6. The first-order valence-corrected chi connectivity index (χ1v) is 8.71. The molecule has 6 heteroatoms. The summed E-state index contributed by atoms with van der Waals surface area (Å²) in [6, 6.07) is 5.74. The fourth-order valence-electron chi connectivity index (χ4n) is 3.29. The maximum atomic E-state index is 10.5. The van der Waals surface area contributed by atoms with Crippen LogP contribution in [0.2, 0.25) is 0 Å². The Hall–Kier alpha value is -2.08. The highest BCUT2D eigenvalue weighted by Crippen LogP contribution is 2.30. The van der Waals surface area contributed by atoms with Crippen molar-refractivity contribution in [3.05, 3.63) is 36.5 Å². The van der Waals surface area contributed by atoms with Crippen molar-refractivity contribution in [2.45, 2.75) is 51.2 Å². The molecule has 0 spiro atoms. The van der Waals surface area contributed by atoms with Gasteiger partial charge in [0.2, 0.25) is 5.88 Å². The number of hydrogen-bond donors (Lipinski definition) is 1. The van der Waals surface area contributed by atoms with E-state index in [0.717, 1.165) is 31.6 Å². The van der Waals surface area contributed by atoms with Crippen LogP contribution < -0.4 is 9.64 Å². The van der Waals surface area contributed by atoms with Gasteiger partial charge in [0.1, 0.15) is 24.0 Å². The summed E-state index contributed by atoms with van der Waals surface area (Å²) in [5, 5.41) is 10.5. The maximum absolute atomic E-state index is 10.5. The second-order valence-corrected chi connectivity index (χ2v) is 6.11. The lowest BCUT2D eigenvalue weighted by Gasteiger charge is -2.32. The van der Waals surface area contributed by atoms with Gasteiger partial charge in [-0.25, -0.2) is 9.97 Å². The van der Waals surface area contributed by atoms with E-state index in [-0.39, 0.29) is 6.04 Å². The van der Waals surface area contributed by atoms with E-state index in [0.29, 0.717) is 24.7 Å². The second kappa shape index (κ2) is 8.15. The number of furan rings is 1. The summed E-state index contributed by atoms with van der Waals surface area (Å²) in [5.41, 5.74) is 0. The molecule has 0 saturated carbocycles. The normalized spacial score (nSPS) is 19.8. The smallest absolute Gasteiger partial charge is 0.218 e. The molecule has 1 aliphatic rings. The van der Waals surface area contributed by atoms with E-state index < -0.39 is 6.10 Å². The van der Waals surface area contributed by atoms with Crippen LogP contribution in [0.15, 0.2) is 35.2 Å². The van der Waals surface area contributed by atoms with Crippen molar-refractivity contribution in [3.63, 3.8) is 0 Å². The Morgan fingerprint density at radius 1 is 1.38 bits per heavy atom. The van der Waals surface area contributed by atoms with E-state index in [1.54, 1.807) is 12.6 Å². The zero-order valence-electron chi connectivity index (χ0n) is 14.1. The molecule has 2 unspecified atom stereocenters. The molecule has 130 valence electrons. The van der Waals surface area contributed by atoms with Gasteiger partial charge in [-0.15, -0.1) is 0 Å². The van der Waals surface area contributed by atoms with Crippen molar-refractivity contribution in [2.24, 2.45) is 0 Å². The first-order valence-electron chi connectivity index (χ1n) is 8.71. The lowest BCUT2D eigenvalue weighted by atomic mass is 10.0. The Labute approximate surface area is 142 Å². The molecule has 3 heterocycles. The van der Waals surface area contributed by atoms with Crippen LogP contribution in [0.25, 0.3) is 0 Å². The van der Waals surface area contributed by atoms with Gasteiger partial charge in [0, 0.05) is 25.1 Å². The average Bonchev–Trinajstić information content (AvgIpc) is 3.03. The van der Waals surface area contributed by atoms with Gasteiger partial charge < -0.3 is 19.2 Å². The molecule has 3 rings (SSSR count). The lowest BCUT2D eigenvalue weighted by Crippen LogP contribution is -2.36. The summed E-state index contributed by atoms with van der Waals surface area (Å²) >= 11 is 0. The van der Waals surface area contributed by atoms with Crippen LogP contribution in [0, 0.1) is 0 Å². The molecule has 0 aliphatic carbocycles. The number of aliphatic hydroxyl groups is 1. The first kappa shape index (κ1) is 16.8. The van der Waals surface area contributed by atoms with Gasteiger partial charge in [-0.2, -0.15) is 0 Å². The molecule has 24 heavy (non-hydrogen) atoms. The van der Waals surface area contributed by atoms with Crippen molar-refractivity contribution in [1.29, 1.82) is 0 Å². The lowest BCUT2D eigenvalue weighted by molar-refractivity contribution is 0.129. The third-order valence-corrected chi connectivity index (χ3v) is 4.46. The van der Waals surface area contributed by atoms with Gasteiger partial charge in [0.05, 0.1) is 12.9 Å². The topological polar surface area (TPSA) is 71.6 Å². The highest BCUT2D eigenvalue weighted by molar-refractivity contribution is 5.42. The molecule has 2 atom stereocenters. The third-order valence-electron chi connectivity index (χ3n) is 4.46. The number of aliphatic hydroxyl groups excluding tert-OH is 1. The fraction of sp³-hybridized carbons (Fsp3) is 0.556. The molecular weight excluding hydrogens is 306 g/mol. The van der Waals surface area contributed by atoms with Gasteiger partial charge >= 0.3 is 0 Å². The first-order chi connectivity index (χ1) is 11.8. The number of rotatable bonds is 6. The quantitative estimate of drug-likeness (QED) is 0.875. The Morgan fingerprint density at radius 2 is 2.29 bits per heavy atom. The van der Waals surface area contributed by atoms with Crippen LogP contribution in [0.3, 0.4) is 0 Å².